The molecule has 1 aromatic heterocycles. The van der Waals surface area contributed by atoms with E-state index < -0.39 is 0 Å². The first-order chi connectivity index (χ1) is 25.7. The molecule has 0 N–H and O–H groups in total. The fraction of sp³-hybridized carbons (Fsp3) is 0.326. The summed E-state index contributed by atoms with van der Waals surface area (Å²) in [4.78, 5) is 2.47. The number of pyridine rings is 1. The second-order valence-electron chi connectivity index (χ2n) is 14.1. The van der Waals surface area contributed by atoms with Gasteiger partial charge in [0.1, 0.15) is 18.0 Å². The zero-order valence-corrected chi connectivity index (χ0v) is 35.7. The molecule has 0 bridgehead atoms. The van der Waals surface area contributed by atoms with Crippen LogP contribution in [0.25, 0.3) is 0 Å². The predicted molar refractivity (Wildman–Crippen MR) is 222 cm³/mol. The standard InChI is InChI=1S/C23H27NO2.C23H24NO2.B.BrH.Na.H/c2*1-3-7-19(8-4-1)17-24-13-11-21(12-14-24)26-23-15-22(16-23)25-18-20-9-5-2-6-10-20;;;;/h1-11,22-23H,12-18H2;1-14,22-23H,15-18H2;;1H;;/q;+1;;;+1;-1. The van der Waals surface area contributed by atoms with Crippen LogP contribution in [0.2, 0.25) is 0 Å². The van der Waals surface area contributed by atoms with E-state index in [1.807, 2.05) is 42.5 Å². The number of hydrogen-bond donors (Lipinski definition) is 0. The maximum Gasteiger partial charge on any atom is 1.00 e. The van der Waals surface area contributed by atoms with Gasteiger partial charge in [-0.2, -0.15) is 0 Å². The summed E-state index contributed by atoms with van der Waals surface area (Å²) >= 11 is 0. The van der Waals surface area contributed by atoms with E-state index in [0.29, 0.717) is 31.5 Å². The number of nitrogens with zero attached hydrogens (tertiary/aromatic N) is 2. The van der Waals surface area contributed by atoms with Crippen molar-refractivity contribution in [3.63, 3.8) is 0 Å². The van der Waals surface area contributed by atoms with E-state index in [0.717, 1.165) is 64.0 Å². The van der Waals surface area contributed by atoms with E-state index in [1.54, 1.807) is 0 Å². The molecule has 0 amide bonds. The van der Waals surface area contributed by atoms with Gasteiger partial charge in [-0.25, -0.2) is 4.57 Å². The monoisotopic (exact) mass is 810 g/mol. The Kier molecular flexibility index (Phi) is 19.2. The van der Waals surface area contributed by atoms with Gasteiger partial charge in [0.15, 0.2) is 18.9 Å². The quantitative estimate of drug-likeness (QED) is 0.102. The van der Waals surface area contributed by atoms with Gasteiger partial charge >= 0.3 is 29.6 Å². The van der Waals surface area contributed by atoms with Gasteiger partial charge in [-0.05, 0) is 22.8 Å². The van der Waals surface area contributed by atoms with Crippen LogP contribution in [0.15, 0.2) is 158 Å². The SMILES string of the molecule is Br.C1=C(OC2CC(OCc3ccccc3)C2)CCN(Cc2ccccc2)C1.[B].[H-].[Na+].c1ccc(COC2CC(Oc3cc[n+](Cc4ccccc4)cc3)C2)cc1. The molecule has 8 rings (SSSR count). The van der Waals surface area contributed by atoms with E-state index in [4.69, 9.17) is 18.9 Å². The molecule has 4 aromatic carbocycles. The molecule has 281 valence electrons. The van der Waals surface area contributed by atoms with Crippen molar-refractivity contribution in [3.8, 4) is 5.75 Å². The van der Waals surface area contributed by atoms with Crippen LogP contribution in [-0.2, 0) is 40.5 Å². The summed E-state index contributed by atoms with van der Waals surface area (Å²) in [7, 11) is 0. The van der Waals surface area contributed by atoms with Crippen molar-refractivity contribution in [2.24, 2.45) is 0 Å². The Bertz CT molecular complexity index is 1800. The average Bonchev–Trinajstić information content (AvgIpc) is 3.17. The van der Waals surface area contributed by atoms with Crippen molar-refractivity contribution >= 4 is 25.4 Å². The van der Waals surface area contributed by atoms with Crippen molar-refractivity contribution in [3.05, 3.63) is 180 Å². The maximum atomic E-state index is 6.16. The molecule has 0 atom stereocenters. The Hall–Kier alpha value is -3.21. The first kappa shape index (κ1) is 44.5. The summed E-state index contributed by atoms with van der Waals surface area (Å²) in [5.41, 5.74) is 5.14. The molecule has 2 heterocycles. The Labute approximate surface area is 364 Å². The van der Waals surface area contributed by atoms with Gasteiger partial charge in [0.25, 0.3) is 0 Å². The molecule has 9 heteroatoms. The average molecular weight is 812 g/mol. The molecule has 2 aliphatic carbocycles. The number of hydrogen-bond acceptors (Lipinski definition) is 5. The molecule has 3 radical (unpaired) electrons. The predicted octanol–water partition coefficient (Wildman–Crippen LogP) is 6.00. The minimum Gasteiger partial charge on any atom is -1.00 e. The van der Waals surface area contributed by atoms with Gasteiger partial charge in [-0.1, -0.05) is 121 Å². The van der Waals surface area contributed by atoms with E-state index in [1.165, 1.54) is 28.0 Å². The van der Waals surface area contributed by atoms with Crippen LogP contribution in [0.1, 0.15) is 55.8 Å². The van der Waals surface area contributed by atoms with Crippen LogP contribution < -0.4 is 38.9 Å². The van der Waals surface area contributed by atoms with E-state index in [2.05, 4.69) is 119 Å². The van der Waals surface area contributed by atoms with Crippen molar-refractivity contribution < 1.29 is 54.5 Å². The Balaban J connectivity index is 0.000000280. The fourth-order valence-corrected chi connectivity index (χ4v) is 6.69. The zero-order chi connectivity index (χ0) is 35.2. The van der Waals surface area contributed by atoms with Gasteiger partial charge in [-0.15, -0.1) is 17.0 Å². The molecule has 1 aliphatic heterocycles. The van der Waals surface area contributed by atoms with Crippen LogP contribution in [0.4, 0.5) is 0 Å². The van der Waals surface area contributed by atoms with Crippen molar-refractivity contribution in [1.29, 1.82) is 0 Å². The van der Waals surface area contributed by atoms with Crippen molar-refractivity contribution in [1.82, 2.24) is 4.90 Å². The summed E-state index contributed by atoms with van der Waals surface area (Å²) in [5, 5.41) is 0. The second kappa shape index (κ2) is 23.8. The molecule has 2 saturated carbocycles. The molecule has 0 saturated heterocycles. The Morgan fingerprint density at radius 1 is 0.564 bits per heavy atom. The first-order valence-corrected chi connectivity index (χ1v) is 18.8. The van der Waals surface area contributed by atoms with Gasteiger partial charge in [0.2, 0.25) is 0 Å². The van der Waals surface area contributed by atoms with E-state index in [9.17, 15) is 0 Å². The third-order valence-electron chi connectivity index (χ3n) is 9.95. The molecule has 3 aliphatic rings. The van der Waals surface area contributed by atoms with Crippen LogP contribution in [0.5, 0.6) is 5.75 Å². The summed E-state index contributed by atoms with van der Waals surface area (Å²) in [6, 6.07) is 45.9. The van der Waals surface area contributed by atoms with E-state index >= 15 is 0 Å². The zero-order valence-electron chi connectivity index (χ0n) is 33.0. The van der Waals surface area contributed by atoms with Crippen LogP contribution >= 0.6 is 17.0 Å². The third kappa shape index (κ3) is 14.7. The molecule has 0 spiro atoms. The fourth-order valence-electron chi connectivity index (χ4n) is 6.69. The third-order valence-corrected chi connectivity index (χ3v) is 9.95. The summed E-state index contributed by atoms with van der Waals surface area (Å²) in [6.07, 6.45) is 12.6. The van der Waals surface area contributed by atoms with Crippen LogP contribution in [0.3, 0.4) is 0 Å². The molecule has 0 unspecified atom stereocenters. The summed E-state index contributed by atoms with van der Waals surface area (Å²) < 4.78 is 26.3. The van der Waals surface area contributed by atoms with Crippen LogP contribution in [0, 0.1) is 0 Å². The second-order valence-corrected chi connectivity index (χ2v) is 14.1. The number of aromatic nitrogens is 1. The minimum absolute atomic E-state index is 0. The largest absolute Gasteiger partial charge is 1.00 e. The van der Waals surface area contributed by atoms with Gasteiger partial charge in [0, 0.05) is 77.8 Å². The maximum absolute atomic E-state index is 6.16. The smallest absolute Gasteiger partial charge is 1.00 e. The molecular weight excluding hydrogens is 758 g/mol. The number of rotatable bonds is 14. The van der Waals surface area contributed by atoms with E-state index in [-0.39, 0.29) is 62.5 Å². The van der Waals surface area contributed by atoms with Crippen molar-refractivity contribution in [2.45, 2.75) is 82.8 Å². The topological polar surface area (TPSA) is 44.0 Å². The van der Waals surface area contributed by atoms with Gasteiger partial charge in [-0.3, -0.25) is 4.90 Å². The summed E-state index contributed by atoms with van der Waals surface area (Å²) in [6.45, 7) is 5.33. The summed E-state index contributed by atoms with van der Waals surface area (Å²) in [5.74, 6) is 2.10. The Morgan fingerprint density at radius 2 is 1.02 bits per heavy atom. The van der Waals surface area contributed by atoms with Gasteiger partial charge < -0.3 is 20.4 Å². The van der Waals surface area contributed by atoms with Crippen LogP contribution in [-0.4, -0.2) is 50.8 Å². The normalized spacial score (nSPS) is 19.9. The number of ether oxygens (including phenoxy) is 4. The Morgan fingerprint density at radius 3 is 1.49 bits per heavy atom. The van der Waals surface area contributed by atoms with Gasteiger partial charge in [0.05, 0.1) is 31.2 Å². The molecule has 6 nitrogen and oxygen atoms in total. The molecule has 5 aromatic rings. The first-order valence-electron chi connectivity index (χ1n) is 18.8. The molecule has 2 fully saturated rings. The molecular formula is C46H53BBrN2NaO4+. The van der Waals surface area contributed by atoms with Crippen molar-refractivity contribution in [2.75, 3.05) is 13.1 Å². The molecule has 55 heavy (non-hydrogen) atoms. The number of halogens is 1. The number of benzene rings is 4. The minimum atomic E-state index is 0.